The highest BCUT2D eigenvalue weighted by Gasteiger charge is 2.04. The van der Waals surface area contributed by atoms with Gasteiger partial charge in [0.2, 0.25) is 5.91 Å². The van der Waals surface area contributed by atoms with Crippen molar-refractivity contribution in [3.05, 3.63) is 22.4 Å². The number of carbonyl (C=O) groups is 1. The Kier molecular flexibility index (Phi) is 5.36. The second kappa shape index (κ2) is 6.58. The van der Waals surface area contributed by atoms with E-state index < -0.39 is 0 Å². The van der Waals surface area contributed by atoms with Crippen molar-refractivity contribution in [3.63, 3.8) is 0 Å². The third kappa shape index (κ3) is 4.95. The number of amides is 1. The van der Waals surface area contributed by atoms with Gasteiger partial charge in [-0.1, -0.05) is 6.92 Å². The van der Waals surface area contributed by atoms with E-state index >= 15 is 0 Å². The molecule has 1 atom stereocenters. The van der Waals surface area contributed by atoms with Crippen LogP contribution in [0, 0.1) is 0 Å². The maximum absolute atomic E-state index is 11.4. The van der Waals surface area contributed by atoms with Gasteiger partial charge in [-0.3, -0.25) is 4.79 Å². The maximum Gasteiger partial charge on any atom is 0.234 e. The minimum atomic E-state index is 0.0691. The van der Waals surface area contributed by atoms with E-state index in [1.165, 1.54) is 5.56 Å². The molecule has 1 rings (SSSR count). The van der Waals surface area contributed by atoms with Crippen molar-refractivity contribution < 1.29 is 4.79 Å². The molecule has 1 amide bonds. The molecular weight excluding hydrogens is 208 g/mol. The van der Waals surface area contributed by atoms with Gasteiger partial charge in [0.05, 0.1) is 6.54 Å². The smallest absolute Gasteiger partial charge is 0.234 e. The van der Waals surface area contributed by atoms with E-state index in [1.54, 1.807) is 11.3 Å². The van der Waals surface area contributed by atoms with Crippen molar-refractivity contribution in [2.45, 2.75) is 32.9 Å². The van der Waals surface area contributed by atoms with Crippen molar-refractivity contribution in [3.8, 4) is 0 Å². The second-order valence-corrected chi connectivity index (χ2v) is 4.39. The highest BCUT2D eigenvalue weighted by molar-refractivity contribution is 7.07. The summed E-state index contributed by atoms with van der Waals surface area (Å²) in [6.45, 7) is 5.22. The minimum absolute atomic E-state index is 0.0691. The van der Waals surface area contributed by atoms with Gasteiger partial charge in [-0.25, -0.2) is 0 Å². The summed E-state index contributed by atoms with van der Waals surface area (Å²) >= 11 is 1.67. The van der Waals surface area contributed by atoms with Crippen LogP contribution in [-0.4, -0.2) is 18.5 Å². The van der Waals surface area contributed by atoms with E-state index in [4.69, 9.17) is 0 Å². The quantitative estimate of drug-likeness (QED) is 0.776. The summed E-state index contributed by atoms with van der Waals surface area (Å²) in [5.41, 5.74) is 1.23. The van der Waals surface area contributed by atoms with Gasteiger partial charge in [0.1, 0.15) is 0 Å². The minimum Gasteiger partial charge on any atom is -0.353 e. The summed E-state index contributed by atoms with van der Waals surface area (Å²) in [4.78, 5) is 11.4. The first-order chi connectivity index (χ1) is 7.22. The Hall–Kier alpha value is -0.870. The van der Waals surface area contributed by atoms with Crippen LogP contribution in [0.3, 0.4) is 0 Å². The predicted molar refractivity (Wildman–Crippen MR) is 63.9 cm³/mol. The predicted octanol–water partition coefficient (Wildman–Crippen LogP) is 1.75. The van der Waals surface area contributed by atoms with Crippen molar-refractivity contribution in [2.75, 3.05) is 6.54 Å². The fourth-order valence-corrected chi connectivity index (χ4v) is 1.81. The van der Waals surface area contributed by atoms with Crippen LogP contribution in [0.25, 0.3) is 0 Å². The van der Waals surface area contributed by atoms with E-state index in [-0.39, 0.29) is 11.9 Å². The van der Waals surface area contributed by atoms with Gasteiger partial charge in [0.25, 0.3) is 0 Å². The fourth-order valence-electron chi connectivity index (χ4n) is 1.14. The van der Waals surface area contributed by atoms with Gasteiger partial charge in [0, 0.05) is 12.6 Å². The molecule has 1 aromatic heterocycles. The molecule has 3 nitrogen and oxygen atoms in total. The molecule has 0 aliphatic carbocycles. The third-order valence-corrected chi connectivity index (χ3v) is 2.95. The monoisotopic (exact) mass is 226 g/mol. The Morgan fingerprint density at radius 3 is 3.00 bits per heavy atom. The van der Waals surface area contributed by atoms with E-state index in [0.717, 1.165) is 13.0 Å². The standard InChI is InChI=1S/C11H18N2OS/c1-3-9(2)13-11(14)7-12-6-10-4-5-15-8-10/h4-5,8-9,12H,3,6-7H2,1-2H3,(H,13,14). The molecule has 0 radical (unpaired) electrons. The highest BCUT2D eigenvalue weighted by atomic mass is 32.1. The van der Waals surface area contributed by atoms with Crippen LogP contribution in [0.4, 0.5) is 0 Å². The van der Waals surface area contributed by atoms with E-state index in [0.29, 0.717) is 6.54 Å². The number of nitrogens with one attached hydrogen (secondary N) is 2. The van der Waals surface area contributed by atoms with Gasteiger partial charge < -0.3 is 10.6 Å². The molecule has 1 unspecified atom stereocenters. The average Bonchev–Trinajstić information content (AvgIpc) is 2.70. The molecule has 0 fully saturated rings. The van der Waals surface area contributed by atoms with Crippen molar-refractivity contribution in [1.29, 1.82) is 0 Å². The first-order valence-corrected chi connectivity index (χ1v) is 6.17. The maximum atomic E-state index is 11.4. The summed E-state index contributed by atoms with van der Waals surface area (Å²) in [6, 6.07) is 2.32. The number of carbonyl (C=O) groups excluding carboxylic acids is 1. The molecule has 2 N–H and O–H groups in total. The topological polar surface area (TPSA) is 41.1 Å². The van der Waals surface area contributed by atoms with E-state index in [1.807, 2.05) is 12.3 Å². The van der Waals surface area contributed by atoms with Gasteiger partial charge in [-0.05, 0) is 35.7 Å². The van der Waals surface area contributed by atoms with Crippen LogP contribution in [0.2, 0.25) is 0 Å². The molecule has 1 heterocycles. The van der Waals surface area contributed by atoms with Crippen LogP contribution in [0.5, 0.6) is 0 Å². The molecule has 0 aliphatic rings. The molecule has 0 saturated carbocycles. The summed E-state index contributed by atoms with van der Waals surface area (Å²) < 4.78 is 0. The van der Waals surface area contributed by atoms with Crippen molar-refractivity contribution in [1.82, 2.24) is 10.6 Å². The zero-order valence-corrected chi connectivity index (χ0v) is 10.1. The van der Waals surface area contributed by atoms with E-state index in [2.05, 4.69) is 29.0 Å². The summed E-state index contributed by atoms with van der Waals surface area (Å²) in [5, 5.41) is 10.1. The molecule has 0 spiro atoms. The molecular formula is C11H18N2OS. The average molecular weight is 226 g/mol. The van der Waals surface area contributed by atoms with Crippen LogP contribution in [0.15, 0.2) is 16.8 Å². The number of hydrogen-bond acceptors (Lipinski definition) is 3. The normalized spacial score (nSPS) is 12.4. The number of thiophene rings is 1. The zero-order valence-electron chi connectivity index (χ0n) is 9.25. The van der Waals surface area contributed by atoms with Crippen LogP contribution >= 0.6 is 11.3 Å². The Bertz CT molecular complexity index is 285. The lowest BCUT2D eigenvalue weighted by molar-refractivity contribution is -0.120. The highest BCUT2D eigenvalue weighted by Crippen LogP contribution is 2.04. The fraction of sp³-hybridized carbons (Fsp3) is 0.545. The molecule has 15 heavy (non-hydrogen) atoms. The SMILES string of the molecule is CCC(C)NC(=O)CNCc1ccsc1. The van der Waals surface area contributed by atoms with Crippen molar-refractivity contribution in [2.24, 2.45) is 0 Å². The molecule has 4 heteroatoms. The third-order valence-electron chi connectivity index (χ3n) is 2.21. The zero-order chi connectivity index (χ0) is 11.1. The lowest BCUT2D eigenvalue weighted by Gasteiger charge is -2.11. The molecule has 0 saturated heterocycles. The molecule has 0 bridgehead atoms. The Morgan fingerprint density at radius 1 is 1.60 bits per heavy atom. The summed E-state index contributed by atoms with van der Waals surface area (Å²) in [5.74, 6) is 0.0691. The Balaban J connectivity index is 2.12. The first-order valence-electron chi connectivity index (χ1n) is 5.23. The van der Waals surface area contributed by atoms with Gasteiger partial charge in [0.15, 0.2) is 0 Å². The van der Waals surface area contributed by atoms with Gasteiger partial charge in [-0.2, -0.15) is 11.3 Å². The van der Waals surface area contributed by atoms with Gasteiger partial charge >= 0.3 is 0 Å². The van der Waals surface area contributed by atoms with Gasteiger partial charge in [-0.15, -0.1) is 0 Å². The lowest BCUT2D eigenvalue weighted by atomic mass is 10.2. The Labute approximate surface area is 94.9 Å². The summed E-state index contributed by atoms with van der Waals surface area (Å²) in [6.07, 6.45) is 0.969. The number of hydrogen-bond donors (Lipinski definition) is 2. The molecule has 0 aromatic carbocycles. The second-order valence-electron chi connectivity index (χ2n) is 3.61. The lowest BCUT2D eigenvalue weighted by Crippen LogP contribution is -2.38. The molecule has 84 valence electrons. The molecule has 1 aromatic rings. The van der Waals surface area contributed by atoms with Crippen LogP contribution in [0.1, 0.15) is 25.8 Å². The number of rotatable bonds is 6. The Morgan fingerprint density at radius 2 is 2.40 bits per heavy atom. The van der Waals surface area contributed by atoms with Crippen LogP contribution in [-0.2, 0) is 11.3 Å². The first kappa shape index (κ1) is 12.2. The van der Waals surface area contributed by atoms with E-state index in [9.17, 15) is 4.79 Å². The summed E-state index contributed by atoms with van der Waals surface area (Å²) in [7, 11) is 0. The molecule has 0 aliphatic heterocycles. The van der Waals surface area contributed by atoms with Crippen LogP contribution < -0.4 is 10.6 Å². The largest absolute Gasteiger partial charge is 0.353 e. The van der Waals surface area contributed by atoms with Crippen molar-refractivity contribution >= 4 is 17.2 Å².